The molecule has 0 bridgehead atoms. The third-order valence-electron chi connectivity index (χ3n) is 2.82. The summed E-state index contributed by atoms with van der Waals surface area (Å²) < 4.78 is 0. The van der Waals surface area contributed by atoms with Gasteiger partial charge in [0.25, 0.3) is 0 Å². The first-order chi connectivity index (χ1) is 8.94. The van der Waals surface area contributed by atoms with E-state index in [9.17, 15) is 4.79 Å². The first-order valence-corrected chi connectivity index (χ1v) is 6.57. The quantitative estimate of drug-likeness (QED) is 0.477. The maximum Gasteiger partial charge on any atom is 0.240 e. The SMILES string of the molecule is CC(C)(CNc1nc(NN)nc2sccc12)C(N)=O. The van der Waals surface area contributed by atoms with Crippen LogP contribution in [0.5, 0.6) is 0 Å². The molecule has 0 spiro atoms. The number of primary amides is 1. The summed E-state index contributed by atoms with van der Waals surface area (Å²) >= 11 is 1.49. The summed E-state index contributed by atoms with van der Waals surface area (Å²) in [5.41, 5.74) is 7.10. The molecule has 2 aromatic rings. The van der Waals surface area contributed by atoms with E-state index >= 15 is 0 Å². The second kappa shape index (κ2) is 4.98. The highest BCUT2D eigenvalue weighted by Crippen LogP contribution is 2.27. The summed E-state index contributed by atoms with van der Waals surface area (Å²) in [7, 11) is 0. The lowest BCUT2D eigenvalue weighted by Crippen LogP contribution is -2.37. The van der Waals surface area contributed by atoms with Crippen molar-refractivity contribution in [1.82, 2.24) is 9.97 Å². The summed E-state index contributed by atoms with van der Waals surface area (Å²) in [4.78, 5) is 20.6. The Morgan fingerprint density at radius 2 is 2.21 bits per heavy atom. The number of nitrogens with zero attached hydrogens (tertiary/aromatic N) is 2. The van der Waals surface area contributed by atoms with Gasteiger partial charge in [-0.25, -0.2) is 10.8 Å². The maximum absolute atomic E-state index is 11.3. The number of carbonyl (C=O) groups is 1. The number of nitrogens with two attached hydrogens (primary N) is 2. The van der Waals surface area contributed by atoms with Crippen LogP contribution in [-0.2, 0) is 4.79 Å². The maximum atomic E-state index is 11.3. The van der Waals surface area contributed by atoms with Crippen LogP contribution >= 0.6 is 11.3 Å². The predicted molar refractivity (Wildman–Crippen MR) is 76.7 cm³/mol. The zero-order chi connectivity index (χ0) is 14.0. The number of hydrogen-bond donors (Lipinski definition) is 4. The van der Waals surface area contributed by atoms with Gasteiger partial charge < -0.3 is 11.1 Å². The number of fused-ring (bicyclic) bond motifs is 1. The van der Waals surface area contributed by atoms with Crippen molar-refractivity contribution in [2.45, 2.75) is 13.8 Å². The number of thiophene rings is 1. The van der Waals surface area contributed by atoms with Crippen molar-refractivity contribution >= 4 is 39.2 Å². The molecule has 0 radical (unpaired) electrons. The third kappa shape index (κ3) is 2.74. The molecule has 0 aromatic carbocycles. The molecule has 2 heterocycles. The molecule has 0 aliphatic rings. The van der Waals surface area contributed by atoms with Gasteiger partial charge >= 0.3 is 0 Å². The minimum Gasteiger partial charge on any atom is -0.369 e. The fourth-order valence-electron chi connectivity index (χ4n) is 1.45. The summed E-state index contributed by atoms with van der Waals surface area (Å²) in [6.45, 7) is 3.93. The molecule has 1 amide bonds. The topological polar surface area (TPSA) is 119 Å². The highest BCUT2D eigenvalue weighted by atomic mass is 32.1. The summed E-state index contributed by atoms with van der Waals surface area (Å²) in [6.07, 6.45) is 0. The molecule has 2 aromatic heterocycles. The molecule has 2 rings (SSSR count). The van der Waals surface area contributed by atoms with Crippen LogP contribution in [0.2, 0.25) is 0 Å². The summed E-state index contributed by atoms with van der Waals surface area (Å²) in [5.74, 6) is 5.93. The van der Waals surface area contributed by atoms with Gasteiger partial charge in [-0.05, 0) is 25.3 Å². The fraction of sp³-hybridized carbons (Fsp3) is 0.364. The van der Waals surface area contributed by atoms with Gasteiger partial charge in [0.15, 0.2) is 0 Å². The normalized spacial score (nSPS) is 11.5. The van der Waals surface area contributed by atoms with Gasteiger partial charge in [-0.15, -0.1) is 11.3 Å². The van der Waals surface area contributed by atoms with Gasteiger partial charge in [-0.1, -0.05) is 0 Å². The van der Waals surface area contributed by atoms with Crippen molar-refractivity contribution in [1.29, 1.82) is 0 Å². The van der Waals surface area contributed by atoms with E-state index in [1.807, 2.05) is 11.4 Å². The average Bonchev–Trinajstić information content (AvgIpc) is 2.83. The van der Waals surface area contributed by atoms with E-state index in [2.05, 4.69) is 20.7 Å². The molecule has 0 aliphatic heterocycles. The van der Waals surface area contributed by atoms with Gasteiger partial charge in [0.1, 0.15) is 10.6 Å². The van der Waals surface area contributed by atoms with Crippen molar-refractivity contribution in [2.75, 3.05) is 17.3 Å². The second-order valence-corrected chi connectivity index (χ2v) is 5.68. The van der Waals surface area contributed by atoms with E-state index in [1.54, 1.807) is 13.8 Å². The predicted octanol–water partition coefficient (Wildman–Crippen LogP) is 0.900. The molecule has 7 nitrogen and oxygen atoms in total. The third-order valence-corrected chi connectivity index (χ3v) is 3.63. The van der Waals surface area contributed by atoms with E-state index in [4.69, 9.17) is 11.6 Å². The molecule has 0 unspecified atom stereocenters. The number of rotatable bonds is 5. The van der Waals surface area contributed by atoms with Crippen molar-refractivity contribution in [3.05, 3.63) is 11.4 Å². The minimum atomic E-state index is -0.663. The van der Waals surface area contributed by atoms with Gasteiger partial charge in [-0.3, -0.25) is 10.2 Å². The highest BCUT2D eigenvalue weighted by molar-refractivity contribution is 7.16. The molecule has 102 valence electrons. The number of anilines is 2. The van der Waals surface area contributed by atoms with Crippen LogP contribution < -0.4 is 22.3 Å². The Kier molecular flexibility index (Phi) is 3.54. The van der Waals surface area contributed by atoms with Crippen LogP contribution in [0, 0.1) is 5.41 Å². The largest absolute Gasteiger partial charge is 0.369 e. The highest BCUT2D eigenvalue weighted by Gasteiger charge is 2.25. The number of nitrogens with one attached hydrogen (secondary N) is 2. The molecular weight excluding hydrogens is 264 g/mol. The van der Waals surface area contributed by atoms with Crippen molar-refractivity contribution in [3.63, 3.8) is 0 Å². The number of nitrogen functional groups attached to an aromatic ring is 1. The Morgan fingerprint density at radius 3 is 2.84 bits per heavy atom. The van der Waals surface area contributed by atoms with Crippen LogP contribution in [0.15, 0.2) is 11.4 Å². The van der Waals surface area contributed by atoms with Crippen LogP contribution in [0.3, 0.4) is 0 Å². The lowest BCUT2D eigenvalue weighted by molar-refractivity contribution is -0.125. The minimum absolute atomic E-state index is 0.328. The Morgan fingerprint density at radius 1 is 1.47 bits per heavy atom. The van der Waals surface area contributed by atoms with Crippen molar-refractivity contribution in [2.24, 2.45) is 17.0 Å². The van der Waals surface area contributed by atoms with E-state index in [0.717, 1.165) is 10.2 Å². The van der Waals surface area contributed by atoms with Crippen LogP contribution in [0.25, 0.3) is 10.2 Å². The lowest BCUT2D eigenvalue weighted by atomic mass is 9.93. The zero-order valence-electron chi connectivity index (χ0n) is 10.7. The molecule has 0 aliphatic carbocycles. The smallest absolute Gasteiger partial charge is 0.240 e. The number of hydrazine groups is 1. The summed E-state index contributed by atoms with van der Waals surface area (Å²) in [5, 5.41) is 5.94. The molecule has 6 N–H and O–H groups in total. The standard InChI is InChI=1S/C11H16N6OS/c1-11(2,9(12)18)5-14-7-6-3-4-19-8(6)16-10(15-7)17-13/h3-4H,5,13H2,1-2H3,(H2,12,18)(H2,14,15,16,17). The van der Waals surface area contributed by atoms with Gasteiger partial charge in [0, 0.05) is 6.54 Å². The molecule has 0 saturated carbocycles. The van der Waals surface area contributed by atoms with Crippen molar-refractivity contribution < 1.29 is 4.79 Å². The number of amides is 1. The monoisotopic (exact) mass is 280 g/mol. The molecule has 8 heteroatoms. The first-order valence-electron chi connectivity index (χ1n) is 5.69. The molecule has 0 atom stereocenters. The molecule has 0 saturated heterocycles. The number of aromatic nitrogens is 2. The van der Waals surface area contributed by atoms with E-state index in [-0.39, 0.29) is 5.91 Å². The summed E-state index contributed by atoms with van der Waals surface area (Å²) in [6, 6.07) is 1.92. The molecular formula is C11H16N6OS. The number of hydrogen-bond acceptors (Lipinski definition) is 7. The Balaban J connectivity index is 2.29. The lowest BCUT2D eigenvalue weighted by Gasteiger charge is -2.21. The van der Waals surface area contributed by atoms with Gasteiger partial charge in [0.2, 0.25) is 11.9 Å². The first kappa shape index (κ1) is 13.5. The number of carbonyl (C=O) groups excluding carboxylic acids is 1. The van der Waals surface area contributed by atoms with E-state index < -0.39 is 5.41 Å². The Labute approximate surface area is 114 Å². The second-order valence-electron chi connectivity index (χ2n) is 4.78. The van der Waals surface area contributed by atoms with Crippen LogP contribution in [0.4, 0.5) is 11.8 Å². The van der Waals surface area contributed by atoms with E-state index in [0.29, 0.717) is 18.3 Å². The fourth-order valence-corrected chi connectivity index (χ4v) is 2.21. The Hall–Kier alpha value is -1.93. The molecule has 19 heavy (non-hydrogen) atoms. The van der Waals surface area contributed by atoms with E-state index in [1.165, 1.54) is 11.3 Å². The van der Waals surface area contributed by atoms with Gasteiger partial charge in [-0.2, -0.15) is 4.98 Å². The van der Waals surface area contributed by atoms with Crippen LogP contribution in [-0.4, -0.2) is 22.4 Å². The Bertz CT molecular complexity index is 608. The average molecular weight is 280 g/mol. The molecule has 0 fully saturated rings. The zero-order valence-corrected chi connectivity index (χ0v) is 11.5. The van der Waals surface area contributed by atoms with Gasteiger partial charge in [0.05, 0.1) is 10.8 Å². The van der Waals surface area contributed by atoms with Crippen LogP contribution in [0.1, 0.15) is 13.8 Å². The van der Waals surface area contributed by atoms with Crippen molar-refractivity contribution in [3.8, 4) is 0 Å².